The predicted octanol–water partition coefficient (Wildman–Crippen LogP) is 3.47. The molecule has 0 bridgehead atoms. The van der Waals surface area contributed by atoms with Gasteiger partial charge in [-0.2, -0.15) is 5.10 Å². The highest BCUT2D eigenvalue weighted by Crippen LogP contribution is 2.33. The Labute approximate surface area is 193 Å². The Balaban J connectivity index is 1.21. The van der Waals surface area contributed by atoms with Gasteiger partial charge in [0.15, 0.2) is 0 Å². The topological polar surface area (TPSA) is 52.9 Å². The maximum atomic E-state index is 14.3. The second-order valence-corrected chi connectivity index (χ2v) is 9.60. The van der Waals surface area contributed by atoms with E-state index in [4.69, 9.17) is 0 Å². The van der Waals surface area contributed by atoms with Crippen molar-refractivity contribution >= 4 is 17.1 Å². The summed E-state index contributed by atoms with van der Waals surface area (Å²) in [7, 11) is 0. The standard InChI is InChI=1S/C26H30FN5O/c27-23-16-28-9-7-22(23)19-3-1-18(2-4-19)21-15-25-24(8-10-29-32(25)17-21)30-11-13-31(14-12-30)26(33)20-5-6-20/h1-4,8,10,15,17,20,22-23,28H,5-7,9,11-14,16H2/t22-,23-/m0/s1. The molecular weight excluding hydrogens is 417 g/mol. The summed E-state index contributed by atoms with van der Waals surface area (Å²) in [6, 6.07) is 12.6. The average molecular weight is 448 g/mol. The van der Waals surface area contributed by atoms with Crippen LogP contribution in [0.4, 0.5) is 10.1 Å². The minimum Gasteiger partial charge on any atom is -0.366 e. The Hall–Kier alpha value is -2.93. The van der Waals surface area contributed by atoms with E-state index in [-0.39, 0.29) is 11.8 Å². The highest BCUT2D eigenvalue weighted by atomic mass is 19.1. The van der Waals surface area contributed by atoms with E-state index >= 15 is 0 Å². The van der Waals surface area contributed by atoms with Crippen molar-refractivity contribution in [3.8, 4) is 11.1 Å². The summed E-state index contributed by atoms with van der Waals surface area (Å²) in [5.74, 6) is 0.605. The van der Waals surface area contributed by atoms with Crippen LogP contribution in [0.5, 0.6) is 0 Å². The van der Waals surface area contributed by atoms with Crippen molar-refractivity contribution in [2.75, 3.05) is 44.2 Å². The maximum Gasteiger partial charge on any atom is 0.225 e. The minimum atomic E-state index is -0.825. The zero-order valence-electron chi connectivity index (χ0n) is 18.8. The van der Waals surface area contributed by atoms with Crippen molar-refractivity contribution in [1.82, 2.24) is 19.8 Å². The maximum absolute atomic E-state index is 14.3. The van der Waals surface area contributed by atoms with Crippen LogP contribution in [0.3, 0.4) is 0 Å². The summed E-state index contributed by atoms with van der Waals surface area (Å²) in [6.07, 6.45) is 6.03. The molecule has 2 aliphatic heterocycles. The van der Waals surface area contributed by atoms with Crippen molar-refractivity contribution in [3.05, 3.63) is 54.4 Å². The molecule has 6 rings (SSSR count). The van der Waals surface area contributed by atoms with Crippen molar-refractivity contribution in [3.63, 3.8) is 0 Å². The first-order chi connectivity index (χ1) is 16.2. The first kappa shape index (κ1) is 20.7. The number of amides is 1. The molecule has 0 spiro atoms. The molecule has 1 amide bonds. The number of benzene rings is 1. The van der Waals surface area contributed by atoms with Crippen LogP contribution >= 0.6 is 0 Å². The lowest BCUT2D eigenvalue weighted by molar-refractivity contribution is -0.132. The summed E-state index contributed by atoms with van der Waals surface area (Å²) in [4.78, 5) is 16.8. The number of alkyl halides is 1. The molecule has 172 valence electrons. The predicted molar refractivity (Wildman–Crippen MR) is 127 cm³/mol. The molecule has 1 N–H and O–H groups in total. The van der Waals surface area contributed by atoms with Crippen LogP contribution in [0, 0.1) is 5.92 Å². The number of aromatic nitrogens is 2. The summed E-state index contributed by atoms with van der Waals surface area (Å²) in [5.41, 5.74) is 5.52. The molecule has 3 aliphatic rings. The third-order valence-electron chi connectivity index (χ3n) is 7.43. The van der Waals surface area contributed by atoms with Crippen LogP contribution in [-0.2, 0) is 4.79 Å². The Morgan fingerprint density at radius 3 is 2.52 bits per heavy atom. The van der Waals surface area contributed by atoms with Crippen LogP contribution in [0.15, 0.2) is 48.8 Å². The van der Waals surface area contributed by atoms with Crippen molar-refractivity contribution in [2.45, 2.75) is 31.4 Å². The highest BCUT2D eigenvalue weighted by molar-refractivity contribution is 5.82. The van der Waals surface area contributed by atoms with Crippen LogP contribution in [0.25, 0.3) is 16.6 Å². The smallest absolute Gasteiger partial charge is 0.225 e. The number of hydrogen-bond donors (Lipinski definition) is 1. The number of anilines is 1. The monoisotopic (exact) mass is 447 g/mol. The molecule has 0 radical (unpaired) electrons. The molecule has 0 unspecified atom stereocenters. The fraction of sp³-hybridized carbons (Fsp3) is 0.462. The third kappa shape index (κ3) is 3.99. The van der Waals surface area contributed by atoms with Gasteiger partial charge >= 0.3 is 0 Å². The summed E-state index contributed by atoms with van der Waals surface area (Å²) in [5, 5.41) is 7.65. The van der Waals surface area contributed by atoms with E-state index in [1.807, 2.05) is 15.6 Å². The van der Waals surface area contributed by atoms with Crippen LogP contribution in [0.2, 0.25) is 0 Å². The van der Waals surface area contributed by atoms with Gasteiger partial charge in [0.1, 0.15) is 6.17 Å². The number of halogens is 1. The number of piperidine rings is 1. The second kappa shape index (κ2) is 8.45. The number of hydrogen-bond acceptors (Lipinski definition) is 4. The summed E-state index contributed by atoms with van der Waals surface area (Å²) >= 11 is 0. The second-order valence-electron chi connectivity index (χ2n) is 9.60. The molecule has 2 atom stereocenters. The van der Waals surface area contributed by atoms with E-state index in [0.717, 1.165) is 79.9 Å². The lowest BCUT2D eigenvalue weighted by Gasteiger charge is -2.36. The molecule has 3 aromatic rings. The highest BCUT2D eigenvalue weighted by Gasteiger charge is 2.34. The normalized spacial score (nSPS) is 23.8. The zero-order chi connectivity index (χ0) is 22.4. The van der Waals surface area contributed by atoms with E-state index < -0.39 is 6.17 Å². The largest absolute Gasteiger partial charge is 0.366 e. The molecule has 1 aromatic carbocycles. The molecule has 33 heavy (non-hydrogen) atoms. The van der Waals surface area contributed by atoms with Gasteiger partial charge in [-0.25, -0.2) is 8.91 Å². The van der Waals surface area contributed by atoms with Gasteiger partial charge in [0.25, 0.3) is 0 Å². The van der Waals surface area contributed by atoms with Gasteiger partial charge in [-0.1, -0.05) is 24.3 Å². The average Bonchev–Trinajstić information content (AvgIpc) is 3.62. The summed E-state index contributed by atoms with van der Waals surface area (Å²) < 4.78 is 16.3. The zero-order valence-corrected chi connectivity index (χ0v) is 18.8. The SMILES string of the molecule is O=C(C1CC1)N1CCN(c2ccnn3cc(-c4ccc([C@@H]5CCNC[C@@H]5F)cc4)cc23)CC1. The van der Waals surface area contributed by atoms with Gasteiger partial charge in [0, 0.05) is 62.5 Å². The minimum absolute atomic E-state index is 0.0212. The first-order valence-corrected chi connectivity index (χ1v) is 12.1. The number of carbonyl (C=O) groups is 1. The van der Waals surface area contributed by atoms with Crippen LogP contribution in [-0.4, -0.2) is 65.9 Å². The van der Waals surface area contributed by atoms with E-state index in [1.54, 1.807) is 0 Å². The van der Waals surface area contributed by atoms with E-state index in [1.165, 1.54) is 0 Å². The van der Waals surface area contributed by atoms with Gasteiger partial charge in [-0.05, 0) is 49.1 Å². The number of rotatable bonds is 4. The molecule has 2 saturated heterocycles. The Kier molecular flexibility index (Phi) is 5.29. The Morgan fingerprint density at radius 2 is 1.79 bits per heavy atom. The lowest BCUT2D eigenvalue weighted by atomic mass is 9.88. The fourth-order valence-electron chi connectivity index (χ4n) is 5.30. The molecule has 2 aromatic heterocycles. The number of nitrogens with one attached hydrogen (secondary N) is 1. The van der Waals surface area contributed by atoms with Gasteiger partial charge < -0.3 is 15.1 Å². The number of piperazine rings is 1. The first-order valence-electron chi connectivity index (χ1n) is 12.1. The lowest BCUT2D eigenvalue weighted by Crippen LogP contribution is -2.49. The Bertz CT molecular complexity index is 1150. The number of fused-ring (bicyclic) bond motifs is 1. The van der Waals surface area contributed by atoms with E-state index in [2.05, 4.69) is 57.9 Å². The molecule has 1 saturated carbocycles. The summed E-state index contributed by atoms with van der Waals surface area (Å²) in [6.45, 7) is 4.56. The molecule has 4 heterocycles. The third-order valence-corrected chi connectivity index (χ3v) is 7.43. The molecule has 1 aliphatic carbocycles. The van der Waals surface area contributed by atoms with E-state index in [9.17, 15) is 9.18 Å². The van der Waals surface area contributed by atoms with E-state index in [0.29, 0.717) is 12.5 Å². The Morgan fingerprint density at radius 1 is 1.00 bits per heavy atom. The van der Waals surface area contributed by atoms with Crippen LogP contribution in [0.1, 0.15) is 30.7 Å². The number of nitrogens with zero attached hydrogens (tertiary/aromatic N) is 4. The van der Waals surface area contributed by atoms with Gasteiger partial charge in [0.05, 0.1) is 11.2 Å². The number of carbonyl (C=O) groups excluding carboxylic acids is 1. The molecule has 6 nitrogen and oxygen atoms in total. The molecular formula is C26H30FN5O. The van der Waals surface area contributed by atoms with Gasteiger partial charge in [0.2, 0.25) is 5.91 Å². The molecule has 7 heteroatoms. The van der Waals surface area contributed by atoms with Gasteiger partial charge in [-0.15, -0.1) is 0 Å². The fourth-order valence-corrected chi connectivity index (χ4v) is 5.30. The van der Waals surface area contributed by atoms with Crippen molar-refractivity contribution in [1.29, 1.82) is 0 Å². The van der Waals surface area contributed by atoms with Gasteiger partial charge in [-0.3, -0.25) is 4.79 Å². The quantitative estimate of drug-likeness (QED) is 0.666. The van der Waals surface area contributed by atoms with Crippen molar-refractivity contribution < 1.29 is 9.18 Å². The van der Waals surface area contributed by atoms with Crippen LogP contribution < -0.4 is 10.2 Å². The molecule has 3 fully saturated rings. The van der Waals surface area contributed by atoms with Crippen molar-refractivity contribution in [2.24, 2.45) is 5.92 Å².